The van der Waals surface area contributed by atoms with Crippen molar-refractivity contribution < 1.29 is 13.9 Å². The fraction of sp³-hybridized carbons (Fsp3) is 0.727. The molecule has 2 rings (SSSR count). The number of hydrogen-bond donors (Lipinski definition) is 1. The number of nitrogens with zero attached hydrogens (tertiary/aromatic N) is 2. The Morgan fingerprint density at radius 3 is 2.81 bits per heavy atom. The van der Waals surface area contributed by atoms with E-state index >= 15 is 0 Å². The van der Waals surface area contributed by atoms with Crippen LogP contribution in [-0.4, -0.2) is 14.9 Å². The van der Waals surface area contributed by atoms with Crippen molar-refractivity contribution in [3.8, 4) is 0 Å². The third-order valence-corrected chi connectivity index (χ3v) is 3.19. The minimum Gasteiger partial charge on any atom is -0.384 e. The summed E-state index contributed by atoms with van der Waals surface area (Å²) in [6.45, 7) is 4.02. The summed E-state index contributed by atoms with van der Waals surface area (Å²) in [6.07, 6.45) is -0.635. The smallest absolute Gasteiger partial charge is 0.282 e. The molecule has 0 saturated carbocycles. The normalized spacial score (nSPS) is 24.9. The average molecular weight is 230 g/mol. The second-order valence-corrected chi connectivity index (χ2v) is 4.46. The van der Waals surface area contributed by atoms with Crippen molar-refractivity contribution >= 4 is 0 Å². The summed E-state index contributed by atoms with van der Waals surface area (Å²) in [5.74, 6) is 0. The summed E-state index contributed by atoms with van der Waals surface area (Å²) in [6, 6.07) is 0. The van der Waals surface area contributed by atoms with Gasteiger partial charge in [0, 0.05) is 12.1 Å². The first kappa shape index (κ1) is 11.5. The third-order valence-electron chi connectivity index (χ3n) is 3.19. The maximum atomic E-state index is 12.8. The van der Waals surface area contributed by atoms with E-state index in [1.165, 1.54) is 4.68 Å². The highest BCUT2D eigenvalue weighted by molar-refractivity contribution is 5.33. The summed E-state index contributed by atoms with van der Waals surface area (Å²) in [5, 5.41) is 14.1. The molecule has 0 saturated heterocycles. The third kappa shape index (κ3) is 1.63. The number of fused-ring (bicyclic) bond motifs is 1. The van der Waals surface area contributed by atoms with Crippen molar-refractivity contribution in [1.29, 1.82) is 0 Å². The van der Waals surface area contributed by atoms with Crippen molar-refractivity contribution in [2.75, 3.05) is 0 Å². The van der Waals surface area contributed by atoms with Gasteiger partial charge in [-0.1, -0.05) is 0 Å². The highest BCUT2D eigenvalue weighted by atomic mass is 19.3. The molecule has 3 nitrogen and oxygen atoms in total. The standard InChI is InChI=1S/C11H16F2N2O/c1-3-15-9-7(8(14-15)10(12)13)5-4-6-11(9,2)16/h10,16H,3-6H2,1-2H3. The largest absolute Gasteiger partial charge is 0.384 e. The van der Waals surface area contributed by atoms with E-state index in [9.17, 15) is 13.9 Å². The lowest BCUT2D eigenvalue weighted by molar-refractivity contribution is 0.0294. The van der Waals surface area contributed by atoms with Crippen LogP contribution < -0.4 is 0 Å². The molecule has 1 atom stereocenters. The van der Waals surface area contributed by atoms with Crippen molar-refractivity contribution in [3.63, 3.8) is 0 Å². The molecular weight excluding hydrogens is 214 g/mol. The SMILES string of the molecule is CCn1nc(C(F)F)c2c1C(C)(O)CCC2. The van der Waals surface area contributed by atoms with Crippen molar-refractivity contribution in [2.45, 2.75) is 51.7 Å². The van der Waals surface area contributed by atoms with Gasteiger partial charge in [0.25, 0.3) is 6.43 Å². The zero-order chi connectivity index (χ0) is 11.9. The number of hydrogen-bond acceptors (Lipinski definition) is 2. The van der Waals surface area contributed by atoms with Gasteiger partial charge in [-0.2, -0.15) is 5.10 Å². The fourth-order valence-corrected chi connectivity index (χ4v) is 2.50. The minimum atomic E-state index is -2.56. The van der Waals surface area contributed by atoms with E-state index in [2.05, 4.69) is 5.10 Å². The first-order chi connectivity index (χ1) is 7.47. The van der Waals surface area contributed by atoms with Gasteiger partial charge in [-0.25, -0.2) is 8.78 Å². The average Bonchev–Trinajstić information content (AvgIpc) is 2.57. The summed E-state index contributed by atoms with van der Waals surface area (Å²) < 4.78 is 27.1. The first-order valence-corrected chi connectivity index (χ1v) is 5.58. The Balaban J connectivity index is 2.60. The van der Waals surface area contributed by atoms with Crippen LogP contribution in [0.2, 0.25) is 0 Å². The molecule has 0 aromatic carbocycles. The Bertz CT molecular complexity index is 399. The number of rotatable bonds is 2. The molecule has 5 heteroatoms. The van der Waals surface area contributed by atoms with E-state index < -0.39 is 12.0 Å². The lowest BCUT2D eigenvalue weighted by Gasteiger charge is -2.29. The summed E-state index contributed by atoms with van der Waals surface area (Å²) in [5.41, 5.74) is -0.0505. The Hall–Kier alpha value is -0.970. The minimum absolute atomic E-state index is 0.156. The Labute approximate surface area is 93.1 Å². The zero-order valence-corrected chi connectivity index (χ0v) is 9.50. The van der Waals surface area contributed by atoms with E-state index in [1.807, 2.05) is 6.92 Å². The van der Waals surface area contributed by atoms with E-state index in [0.717, 1.165) is 6.42 Å². The predicted molar refractivity (Wildman–Crippen MR) is 55.4 cm³/mol. The Morgan fingerprint density at radius 1 is 1.56 bits per heavy atom. The molecule has 1 aliphatic carbocycles. The van der Waals surface area contributed by atoms with Gasteiger partial charge in [-0.3, -0.25) is 4.68 Å². The van der Waals surface area contributed by atoms with Gasteiger partial charge in [0.15, 0.2) is 0 Å². The lowest BCUT2D eigenvalue weighted by Crippen LogP contribution is -2.30. The van der Waals surface area contributed by atoms with E-state index in [0.29, 0.717) is 30.6 Å². The van der Waals surface area contributed by atoms with Gasteiger partial charge in [0.2, 0.25) is 0 Å². The second-order valence-electron chi connectivity index (χ2n) is 4.46. The molecular formula is C11H16F2N2O. The van der Waals surface area contributed by atoms with Gasteiger partial charge in [-0.15, -0.1) is 0 Å². The van der Waals surface area contributed by atoms with Crippen LogP contribution in [0.25, 0.3) is 0 Å². The number of alkyl halides is 2. The van der Waals surface area contributed by atoms with Crippen LogP contribution in [0.3, 0.4) is 0 Å². The van der Waals surface area contributed by atoms with Crippen LogP contribution >= 0.6 is 0 Å². The van der Waals surface area contributed by atoms with Crippen molar-refractivity contribution in [3.05, 3.63) is 17.0 Å². The van der Waals surface area contributed by atoms with Crippen LogP contribution in [0, 0.1) is 0 Å². The first-order valence-electron chi connectivity index (χ1n) is 5.58. The van der Waals surface area contributed by atoms with Crippen LogP contribution in [0.4, 0.5) is 8.78 Å². The molecule has 1 heterocycles. The molecule has 16 heavy (non-hydrogen) atoms. The van der Waals surface area contributed by atoms with Crippen LogP contribution in [-0.2, 0) is 18.6 Å². The quantitative estimate of drug-likeness (QED) is 0.847. The molecule has 1 aliphatic rings. The number of aromatic nitrogens is 2. The van der Waals surface area contributed by atoms with E-state index in [1.54, 1.807) is 6.92 Å². The highest BCUT2D eigenvalue weighted by Gasteiger charge is 2.37. The summed E-state index contributed by atoms with van der Waals surface area (Å²) in [7, 11) is 0. The molecule has 0 aliphatic heterocycles. The summed E-state index contributed by atoms with van der Waals surface area (Å²) in [4.78, 5) is 0. The monoisotopic (exact) mass is 230 g/mol. The molecule has 1 aromatic rings. The molecule has 0 radical (unpaired) electrons. The van der Waals surface area contributed by atoms with Crippen LogP contribution in [0.15, 0.2) is 0 Å². The highest BCUT2D eigenvalue weighted by Crippen LogP contribution is 2.38. The van der Waals surface area contributed by atoms with Gasteiger partial charge in [0.1, 0.15) is 11.3 Å². The van der Waals surface area contributed by atoms with Gasteiger partial charge in [-0.05, 0) is 33.1 Å². The van der Waals surface area contributed by atoms with Crippen molar-refractivity contribution in [2.24, 2.45) is 0 Å². The maximum Gasteiger partial charge on any atom is 0.282 e. The van der Waals surface area contributed by atoms with Gasteiger partial charge < -0.3 is 5.11 Å². The summed E-state index contributed by atoms with van der Waals surface area (Å²) >= 11 is 0. The number of aryl methyl sites for hydroxylation is 1. The zero-order valence-electron chi connectivity index (χ0n) is 9.50. The molecule has 0 fully saturated rings. The molecule has 1 aromatic heterocycles. The topological polar surface area (TPSA) is 38.0 Å². The fourth-order valence-electron chi connectivity index (χ4n) is 2.50. The molecule has 0 spiro atoms. The second kappa shape index (κ2) is 3.80. The Morgan fingerprint density at radius 2 is 2.25 bits per heavy atom. The lowest BCUT2D eigenvalue weighted by atomic mass is 9.84. The van der Waals surface area contributed by atoms with Crippen LogP contribution in [0.5, 0.6) is 0 Å². The number of aliphatic hydroxyl groups is 1. The molecule has 90 valence electrons. The van der Waals surface area contributed by atoms with E-state index in [-0.39, 0.29) is 5.69 Å². The molecule has 1 N–H and O–H groups in total. The molecule has 0 bridgehead atoms. The Kier molecular flexibility index (Phi) is 2.74. The van der Waals surface area contributed by atoms with Crippen molar-refractivity contribution in [1.82, 2.24) is 9.78 Å². The van der Waals surface area contributed by atoms with Crippen LogP contribution in [0.1, 0.15) is 50.1 Å². The maximum absolute atomic E-state index is 12.8. The van der Waals surface area contributed by atoms with E-state index in [4.69, 9.17) is 0 Å². The predicted octanol–water partition coefficient (Wildman–Crippen LogP) is 2.38. The van der Waals surface area contributed by atoms with Gasteiger partial charge in [0.05, 0.1) is 5.69 Å². The van der Waals surface area contributed by atoms with Gasteiger partial charge >= 0.3 is 0 Å². The molecule has 1 unspecified atom stereocenters. The molecule has 0 amide bonds. The number of halogens is 2.